The number of carbonyl (C=O) groups is 13. The molecule has 0 radical (unpaired) electrons. The van der Waals surface area contributed by atoms with Gasteiger partial charge in [-0.15, -0.1) is 34.8 Å². The second-order valence-corrected chi connectivity index (χ2v) is 28.2. The van der Waals surface area contributed by atoms with Crippen LogP contribution in [-0.2, 0) is 52.7 Å². The van der Waals surface area contributed by atoms with Gasteiger partial charge in [-0.05, 0) is 107 Å². The highest BCUT2D eigenvalue weighted by molar-refractivity contribution is 6.28. The van der Waals surface area contributed by atoms with Crippen molar-refractivity contribution < 1.29 is 106 Å². The van der Waals surface area contributed by atoms with E-state index in [2.05, 4.69) is 37.0 Å². The number of halogens is 6. The Hall–Kier alpha value is -8.55. The van der Waals surface area contributed by atoms with E-state index in [-0.39, 0.29) is 166 Å². The summed E-state index contributed by atoms with van der Waals surface area (Å²) in [6.07, 6.45) is -2.35. The number of ketones is 4. The highest BCUT2D eigenvalue weighted by atomic mass is 35.5. The maximum atomic E-state index is 13.3. The maximum Gasteiger partial charge on any atom is 0.430 e. The SMILES string of the molecule is C.C.CC(C)C[C@H](NC(=O)OC(C)(C)C)C(=O)CN(C[C@@H]1CCNC1=O)C(=O)CCl.CC(C)C[C@H]([NH3+])C(=O)CN(C[C@@H]1CCNC1=O)C(=O)CCl.COc1cccc2[nH]c(C(=O)C[C@@H](CC(C)C)C(=O)CN(C[C@@H]3CCNC3=O)C(=O)CCl)cc12.COc1cccc2[nH]c(C(=O)O)cc12.O=C([O-])C(F)(F)F. The highest BCUT2D eigenvalue weighted by Crippen LogP contribution is 2.29. The lowest BCUT2D eigenvalue weighted by Crippen LogP contribution is -2.67. The topological polar surface area (TPSA) is 410 Å². The number of fused-ring (bicyclic) bond motifs is 2. The molecule has 2 aromatic heterocycles. The largest absolute Gasteiger partial charge is 0.542 e. The molecule has 6 atom stereocenters. The van der Waals surface area contributed by atoms with E-state index < -0.39 is 53.6 Å². The molecule has 5 heterocycles. The summed E-state index contributed by atoms with van der Waals surface area (Å²) in [5, 5.41) is 29.9. The van der Waals surface area contributed by atoms with Crippen LogP contribution < -0.4 is 41.6 Å². The van der Waals surface area contributed by atoms with E-state index >= 15 is 0 Å². The molecular formula is C72H106Cl3F3N10O18. The molecule has 28 nitrogen and oxygen atoms in total. The summed E-state index contributed by atoms with van der Waals surface area (Å²) in [6, 6.07) is 13.1. The number of nitrogens with zero attached hydrogens (tertiary/aromatic N) is 3. The number of amides is 7. The molecule has 0 bridgehead atoms. The van der Waals surface area contributed by atoms with Gasteiger partial charge >= 0.3 is 18.2 Å². The van der Waals surface area contributed by atoms with Gasteiger partial charge in [-0.25, -0.2) is 9.59 Å². The van der Waals surface area contributed by atoms with Crippen LogP contribution in [0.15, 0.2) is 48.5 Å². The molecule has 3 aliphatic heterocycles. The van der Waals surface area contributed by atoms with Gasteiger partial charge in [0.1, 0.15) is 52.4 Å². The zero-order valence-electron chi connectivity index (χ0n) is 60.5. The first kappa shape index (κ1) is 95.5. The second kappa shape index (κ2) is 45.8. The van der Waals surface area contributed by atoms with E-state index in [0.29, 0.717) is 81.3 Å². The quantitative estimate of drug-likeness (QED) is 0.0191. The number of methoxy groups -OCH3 is 2. The average Bonchev–Trinajstić information content (AvgIpc) is 1.49. The van der Waals surface area contributed by atoms with Crippen LogP contribution in [0.3, 0.4) is 0 Å². The number of hydrogen-bond acceptors (Lipinski definition) is 17. The summed E-state index contributed by atoms with van der Waals surface area (Å²) in [5.41, 5.74) is 5.31. The number of ether oxygens (including phenoxy) is 3. The third-order valence-corrected chi connectivity index (χ3v) is 17.0. The number of aromatic nitrogens is 2. The lowest BCUT2D eigenvalue weighted by Gasteiger charge is -2.27. The molecule has 4 aromatic rings. The van der Waals surface area contributed by atoms with Crippen LogP contribution in [0.4, 0.5) is 18.0 Å². The van der Waals surface area contributed by atoms with Gasteiger partial charge in [0.15, 0.2) is 17.3 Å². The number of alkyl halides is 6. The Morgan fingerprint density at radius 2 is 0.972 bits per heavy atom. The number of aromatic amines is 2. The smallest absolute Gasteiger partial charge is 0.430 e. The second-order valence-electron chi connectivity index (χ2n) is 27.4. The van der Waals surface area contributed by atoms with Gasteiger partial charge in [0.25, 0.3) is 0 Å². The fourth-order valence-electron chi connectivity index (χ4n) is 11.2. The monoisotopic (exact) mass is 1560 g/mol. The lowest BCUT2D eigenvalue weighted by atomic mass is 9.88. The fraction of sp³-hybridized carbons (Fsp3) is 0.597. The van der Waals surface area contributed by atoms with Crippen molar-refractivity contribution in [2.45, 2.75) is 146 Å². The van der Waals surface area contributed by atoms with Crippen molar-refractivity contribution in [3.05, 3.63) is 59.9 Å². The average molecular weight is 1560 g/mol. The first-order valence-electron chi connectivity index (χ1n) is 33.8. The lowest BCUT2D eigenvalue weighted by molar-refractivity contribution is -0.406. The third kappa shape index (κ3) is 32.3. The van der Waals surface area contributed by atoms with E-state index in [1.54, 1.807) is 53.2 Å². The molecule has 10 N–H and O–H groups in total. The molecule has 0 spiro atoms. The number of Topliss-reactive ketones (excluding diaryl/α,β-unsaturated/α-hetero) is 4. The minimum absolute atomic E-state index is 0. The Morgan fingerprint density at radius 1 is 0.604 bits per heavy atom. The minimum Gasteiger partial charge on any atom is -0.542 e. The van der Waals surface area contributed by atoms with Crippen LogP contribution in [0.1, 0.15) is 143 Å². The van der Waals surface area contributed by atoms with Gasteiger partial charge in [0.2, 0.25) is 41.2 Å². The molecule has 7 rings (SSSR count). The Labute approximate surface area is 631 Å². The predicted molar refractivity (Wildman–Crippen MR) is 392 cm³/mol. The number of carboxylic acids is 2. The molecule has 0 aliphatic carbocycles. The third-order valence-electron chi connectivity index (χ3n) is 16.3. The molecule has 0 saturated carbocycles. The summed E-state index contributed by atoms with van der Waals surface area (Å²) in [5.74, 6) is -6.45. The summed E-state index contributed by atoms with van der Waals surface area (Å²) in [7, 11) is 3.13. The standard InChI is InChI=1S/C25H32ClN3O5.C19H32ClN3O5.C14H24ClN3O3.C10H9NO3.C2HF3O2.2CH4/c1-15(2)9-17(10-21(30)20-11-18-19(28-20)5-4-6-23(18)34-3)22(31)14-29(24(32)12-26)13-16-7-8-27-25(16)33;1-12(2)8-14(22-18(27)28-19(3,4)5)15(24)11-23(16(25)9-20)10-13-6-7-21-17(13)26;1-9(2)5-11(16)12(19)8-18(13(20)6-15)7-10-3-4-17-14(10)21;1-14-9-4-2-3-7-6(9)5-8(11-7)10(12)13;3-2(4,5)1(6)7;;/h4-6,11,15-17,28H,7-10,12-14H2,1-3H3,(H,27,33);12-14H,6-11H2,1-5H3,(H,21,26)(H,22,27);9-11H,3-8,16H2,1-2H3,(H,17,21);2-5,11H,1H3,(H,12,13);(H,6,7);2*1H4/t16-,17+;13-,14-;10-,11-;;;;/m000..../s1. The normalized spacial score (nSPS) is 16.0. The summed E-state index contributed by atoms with van der Waals surface area (Å²) >= 11 is 17.0. The number of carbonyl (C=O) groups excluding carboxylic acids is 12. The van der Waals surface area contributed by atoms with Crippen LogP contribution in [0.2, 0.25) is 0 Å². The van der Waals surface area contributed by atoms with Gasteiger partial charge in [0.05, 0.1) is 63.3 Å². The Bertz CT molecular complexity index is 3620. The first-order chi connectivity index (χ1) is 48.7. The van der Waals surface area contributed by atoms with E-state index in [1.165, 1.54) is 14.7 Å². The van der Waals surface area contributed by atoms with Gasteiger partial charge in [-0.2, -0.15) is 13.2 Å². The molecule has 34 heteroatoms. The number of alkyl carbamates (subject to hydrolysis) is 1. The van der Waals surface area contributed by atoms with Crippen molar-refractivity contribution in [2.75, 3.05) is 90.8 Å². The van der Waals surface area contributed by atoms with Crippen molar-refractivity contribution in [2.24, 2.45) is 41.4 Å². The predicted octanol–water partition coefficient (Wildman–Crippen LogP) is 6.74. The van der Waals surface area contributed by atoms with E-state index in [0.717, 1.165) is 21.8 Å². The van der Waals surface area contributed by atoms with Crippen molar-refractivity contribution in [3.8, 4) is 11.5 Å². The summed E-state index contributed by atoms with van der Waals surface area (Å²) in [6.45, 7) is 18.9. The van der Waals surface area contributed by atoms with Crippen molar-refractivity contribution in [1.29, 1.82) is 0 Å². The Morgan fingerprint density at radius 3 is 1.30 bits per heavy atom. The maximum absolute atomic E-state index is 13.3. The zero-order chi connectivity index (χ0) is 78.5. The van der Waals surface area contributed by atoms with Crippen LogP contribution >= 0.6 is 34.8 Å². The molecule has 2 aromatic carbocycles. The Balaban J connectivity index is 0.000000705. The van der Waals surface area contributed by atoms with Gasteiger partial charge in [-0.3, -0.25) is 47.9 Å². The molecule has 594 valence electrons. The molecule has 0 unspecified atom stereocenters. The molecule has 7 amide bonds. The number of aliphatic carboxylic acids is 1. The van der Waals surface area contributed by atoms with Crippen LogP contribution in [0.25, 0.3) is 21.8 Å². The molecule has 3 fully saturated rings. The molecule has 106 heavy (non-hydrogen) atoms. The number of benzene rings is 2. The highest BCUT2D eigenvalue weighted by Gasteiger charge is 2.36. The molecular weight excluding hydrogens is 1460 g/mol. The molecule has 3 aliphatic rings. The van der Waals surface area contributed by atoms with Crippen molar-refractivity contribution >= 4 is 133 Å². The minimum atomic E-state index is -5.19. The number of nitrogens with one attached hydrogen (secondary N) is 6. The number of rotatable bonds is 31. The van der Waals surface area contributed by atoms with E-state index in [9.17, 15) is 70.7 Å². The van der Waals surface area contributed by atoms with Crippen LogP contribution in [0.5, 0.6) is 11.5 Å². The summed E-state index contributed by atoms with van der Waals surface area (Å²) < 4.78 is 47.3. The Kier molecular flexibility index (Phi) is 41.3. The first-order valence-corrected chi connectivity index (χ1v) is 35.4. The van der Waals surface area contributed by atoms with Gasteiger partial charge < -0.3 is 80.9 Å². The van der Waals surface area contributed by atoms with E-state index in [4.69, 9.17) is 64.0 Å². The number of H-pyrrole nitrogens is 2. The molecule has 3 saturated heterocycles. The van der Waals surface area contributed by atoms with Crippen LogP contribution in [-0.4, -0.2) is 221 Å². The van der Waals surface area contributed by atoms with Crippen LogP contribution in [0, 0.1) is 41.4 Å². The number of hydrogen-bond donors (Lipinski definition) is 8. The van der Waals surface area contributed by atoms with Crippen molar-refractivity contribution in [1.82, 2.24) is 45.9 Å². The number of aromatic carboxylic acids is 1. The van der Waals surface area contributed by atoms with Crippen molar-refractivity contribution in [3.63, 3.8) is 0 Å². The fourth-order valence-corrected chi connectivity index (χ4v) is 11.7. The number of carboxylic acid groups (broad SMARTS) is 2. The van der Waals surface area contributed by atoms with Gasteiger partial charge in [-0.1, -0.05) is 68.5 Å². The zero-order valence-corrected chi connectivity index (χ0v) is 62.7. The number of quaternary nitrogens is 1. The summed E-state index contributed by atoms with van der Waals surface area (Å²) in [4.78, 5) is 165. The van der Waals surface area contributed by atoms with E-state index in [1.807, 2.05) is 71.9 Å². The van der Waals surface area contributed by atoms with Gasteiger partial charge in [0, 0.05) is 79.8 Å².